The van der Waals surface area contributed by atoms with E-state index >= 15 is 0 Å². The Balaban J connectivity index is 2.53. The first kappa shape index (κ1) is 7.07. The zero-order valence-electron chi connectivity index (χ0n) is 6.94. The topological polar surface area (TPSA) is 3.24 Å². The zero-order chi connectivity index (χ0) is 7.07. The molecule has 0 aliphatic heterocycles. The van der Waals surface area contributed by atoms with Crippen molar-refractivity contribution in [3.63, 3.8) is 0 Å². The smallest absolute Gasteiger partial charge is 0.0201 e. The molecule has 0 N–H and O–H groups in total. The van der Waals surface area contributed by atoms with Gasteiger partial charge in [-0.15, -0.1) is 0 Å². The molecule has 0 amide bonds. The van der Waals surface area contributed by atoms with Crippen molar-refractivity contribution in [2.24, 2.45) is 5.92 Å². The minimum atomic E-state index is 0.514. The van der Waals surface area contributed by atoms with Crippen LogP contribution in [0.15, 0.2) is 0 Å². The molecule has 1 heteroatoms. The van der Waals surface area contributed by atoms with E-state index in [-0.39, 0.29) is 0 Å². The molecule has 0 aromatic carbocycles. The van der Waals surface area contributed by atoms with Crippen molar-refractivity contribution in [2.45, 2.75) is 32.2 Å². The highest BCUT2D eigenvalue weighted by molar-refractivity contribution is 4.96. The van der Waals surface area contributed by atoms with Crippen molar-refractivity contribution in [3.05, 3.63) is 0 Å². The third-order valence-electron chi connectivity index (χ3n) is 3.17. The van der Waals surface area contributed by atoms with Gasteiger partial charge in [-0.25, -0.2) is 0 Å². The Labute approximate surface area is 58.0 Å². The van der Waals surface area contributed by atoms with E-state index < -0.39 is 0 Å². The Bertz CT molecular complexity index is 102. The normalized spacial score (nSPS) is 43.0. The summed E-state index contributed by atoms with van der Waals surface area (Å²) in [5, 5.41) is 0. The molecule has 1 fully saturated rings. The van der Waals surface area contributed by atoms with E-state index in [1.807, 2.05) is 0 Å². The van der Waals surface area contributed by atoms with Gasteiger partial charge in [0.1, 0.15) is 0 Å². The summed E-state index contributed by atoms with van der Waals surface area (Å²) >= 11 is 0. The third-order valence-corrected chi connectivity index (χ3v) is 3.17. The molecular formula is C8H17N. The molecular weight excluding hydrogens is 110 g/mol. The SMILES string of the molecule is CC1CCC1(C)N(C)C. The molecule has 1 rings (SSSR count). The lowest BCUT2D eigenvalue weighted by Gasteiger charge is -2.50. The number of rotatable bonds is 1. The molecule has 0 radical (unpaired) electrons. The summed E-state index contributed by atoms with van der Waals surface area (Å²) in [6.45, 7) is 4.69. The predicted molar refractivity (Wildman–Crippen MR) is 40.5 cm³/mol. The molecule has 2 atom stereocenters. The lowest BCUT2D eigenvalue weighted by atomic mass is 9.68. The van der Waals surface area contributed by atoms with Gasteiger partial charge in [-0.1, -0.05) is 6.92 Å². The van der Waals surface area contributed by atoms with E-state index in [0.29, 0.717) is 5.54 Å². The van der Waals surface area contributed by atoms with Gasteiger partial charge in [-0.2, -0.15) is 0 Å². The molecule has 0 heterocycles. The van der Waals surface area contributed by atoms with Crippen LogP contribution in [0.25, 0.3) is 0 Å². The fourth-order valence-electron chi connectivity index (χ4n) is 1.52. The van der Waals surface area contributed by atoms with Crippen LogP contribution in [-0.2, 0) is 0 Å². The van der Waals surface area contributed by atoms with E-state index in [4.69, 9.17) is 0 Å². The molecule has 0 saturated heterocycles. The minimum Gasteiger partial charge on any atom is -0.304 e. The summed E-state index contributed by atoms with van der Waals surface area (Å²) in [6.07, 6.45) is 2.79. The fraction of sp³-hybridized carbons (Fsp3) is 1.00. The highest BCUT2D eigenvalue weighted by Gasteiger charge is 2.40. The van der Waals surface area contributed by atoms with Gasteiger partial charge in [-0.3, -0.25) is 0 Å². The van der Waals surface area contributed by atoms with E-state index in [9.17, 15) is 0 Å². The molecule has 54 valence electrons. The fourth-order valence-corrected chi connectivity index (χ4v) is 1.52. The second kappa shape index (κ2) is 1.98. The molecule has 1 saturated carbocycles. The van der Waals surface area contributed by atoms with Crippen molar-refractivity contribution in [2.75, 3.05) is 14.1 Å². The molecule has 1 aliphatic carbocycles. The lowest BCUT2D eigenvalue weighted by Crippen LogP contribution is -2.53. The first-order valence-electron chi connectivity index (χ1n) is 3.75. The zero-order valence-corrected chi connectivity index (χ0v) is 6.94. The Hall–Kier alpha value is -0.0400. The summed E-state index contributed by atoms with van der Waals surface area (Å²) in [6, 6.07) is 0. The van der Waals surface area contributed by atoms with E-state index in [2.05, 4.69) is 32.8 Å². The maximum Gasteiger partial charge on any atom is 0.0201 e. The quantitative estimate of drug-likeness (QED) is 0.518. The van der Waals surface area contributed by atoms with Gasteiger partial charge in [0.05, 0.1) is 0 Å². The van der Waals surface area contributed by atoms with Crippen molar-refractivity contribution in [3.8, 4) is 0 Å². The molecule has 0 bridgehead atoms. The van der Waals surface area contributed by atoms with Crippen LogP contribution in [0.1, 0.15) is 26.7 Å². The van der Waals surface area contributed by atoms with Crippen molar-refractivity contribution in [1.29, 1.82) is 0 Å². The van der Waals surface area contributed by atoms with Crippen LogP contribution in [0.3, 0.4) is 0 Å². The average molecular weight is 127 g/mol. The summed E-state index contributed by atoms with van der Waals surface area (Å²) < 4.78 is 0. The van der Waals surface area contributed by atoms with Gasteiger partial charge >= 0.3 is 0 Å². The van der Waals surface area contributed by atoms with Gasteiger partial charge in [0.2, 0.25) is 0 Å². The van der Waals surface area contributed by atoms with Gasteiger partial charge < -0.3 is 4.90 Å². The molecule has 9 heavy (non-hydrogen) atoms. The average Bonchev–Trinajstić information content (AvgIpc) is 1.82. The first-order valence-corrected chi connectivity index (χ1v) is 3.75. The lowest BCUT2D eigenvalue weighted by molar-refractivity contribution is 0.0149. The Morgan fingerprint density at radius 2 is 2.00 bits per heavy atom. The number of hydrogen-bond acceptors (Lipinski definition) is 1. The van der Waals surface area contributed by atoms with Crippen LogP contribution >= 0.6 is 0 Å². The number of hydrogen-bond donors (Lipinski definition) is 0. The Kier molecular flexibility index (Phi) is 1.55. The van der Waals surface area contributed by atoms with E-state index in [0.717, 1.165) is 5.92 Å². The summed E-state index contributed by atoms with van der Waals surface area (Å²) in [4.78, 5) is 2.35. The van der Waals surface area contributed by atoms with Gasteiger partial charge in [0.25, 0.3) is 0 Å². The van der Waals surface area contributed by atoms with Crippen molar-refractivity contribution in [1.82, 2.24) is 4.90 Å². The van der Waals surface area contributed by atoms with Gasteiger partial charge in [0.15, 0.2) is 0 Å². The molecule has 1 nitrogen and oxygen atoms in total. The Morgan fingerprint density at radius 3 is 2.00 bits per heavy atom. The first-order chi connectivity index (χ1) is 4.07. The van der Waals surface area contributed by atoms with Crippen LogP contribution in [0.5, 0.6) is 0 Å². The largest absolute Gasteiger partial charge is 0.304 e. The Morgan fingerprint density at radius 1 is 1.44 bits per heavy atom. The molecule has 0 spiro atoms. The highest BCUT2D eigenvalue weighted by Crippen LogP contribution is 2.41. The molecule has 0 aromatic rings. The standard InChI is InChI=1S/C8H17N/c1-7-5-6-8(7,2)9(3)4/h7H,5-6H2,1-4H3. The molecule has 0 aromatic heterocycles. The maximum absolute atomic E-state index is 2.35. The predicted octanol–water partition coefficient (Wildman–Crippen LogP) is 1.74. The number of nitrogens with zero attached hydrogens (tertiary/aromatic N) is 1. The second-order valence-electron chi connectivity index (χ2n) is 3.69. The van der Waals surface area contributed by atoms with Crippen molar-refractivity contribution >= 4 is 0 Å². The van der Waals surface area contributed by atoms with E-state index in [1.165, 1.54) is 12.8 Å². The maximum atomic E-state index is 2.35. The second-order valence-corrected chi connectivity index (χ2v) is 3.69. The molecule has 2 unspecified atom stereocenters. The monoisotopic (exact) mass is 127 g/mol. The van der Waals surface area contributed by atoms with Crippen LogP contribution in [0.2, 0.25) is 0 Å². The van der Waals surface area contributed by atoms with Crippen LogP contribution in [0, 0.1) is 5.92 Å². The van der Waals surface area contributed by atoms with Crippen LogP contribution in [0.4, 0.5) is 0 Å². The van der Waals surface area contributed by atoms with Gasteiger partial charge in [-0.05, 0) is 39.8 Å². The van der Waals surface area contributed by atoms with Crippen molar-refractivity contribution < 1.29 is 0 Å². The minimum absolute atomic E-state index is 0.514. The van der Waals surface area contributed by atoms with Gasteiger partial charge in [0, 0.05) is 5.54 Å². The molecule has 1 aliphatic rings. The highest BCUT2D eigenvalue weighted by atomic mass is 15.2. The summed E-state index contributed by atoms with van der Waals surface area (Å²) in [5.41, 5.74) is 0.514. The van der Waals surface area contributed by atoms with Crippen LogP contribution < -0.4 is 0 Å². The van der Waals surface area contributed by atoms with Crippen LogP contribution in [-0.4, -0.2) is 24.5 Å². The summed E-state index contributed by atoms with van der Waals surface area (Å²) in [5.74, 6) is 0.896. The third kappa shape index (κ3) is 0.877. The van der Waals surface area contributed by atoms with E-state index in [1.54, 1.807) is 0 Å². The summed E-state index contributed by atoms with van der Waals surface area (Å²) in [7, 11) is 4.35.